The van der Waals surface area contributed by atoms with E-state index in [1.165, 1.54) is 25.9 Å². The van der Waals surface area contributed by atoms with E-state index in [1.807, 2.05) is 0 Å². The molecule has 1 heterocycles. The first-order valence-electron chi connectivity index (χ1n) is 6.42. The molecule has 1 fully saturated rings. The van der Waals surface area contributed by atoms with Crippen LogP contribution in [0.25, 0.3) is 0 Å². The van der Waals surface area contributed by atoms with Gasteiger partial charge in [-0.3, -0.25) is 4.90 Å². The zero-order valence-corrected chi connectivity index (χ0v) is 10.4. The summed E-state index contributed by atoms with van der Waals surface area (Å²) in [6, 6.07) is 0. The van der Waals surface area contributed by atoms with Crippen LogP contribution in [0.5, 0.6) is 0 Å². The molecule has 1 aliphatic rings. The lowest BCUT2D eigenvalue weighted by atomic mass is 9.99. The van der Waals surface area contributed by atoms with Gasteiger partial charge in [0.15, 0.2) is 0 Å². The van der Waals surface area contributed by atoms with Crippen molar-refractivity contribution in [3.05, 3.63) is 0 Å². The lowest BCUT2D eigenvalue weighted by Gasteiger charge is -2.32. The average Bonchev–Trinajstić information content (AvgIpc) is 2.29. The van der Waals surface area contributed by atoms with E-state index in [-0.39, 0.29) is 13.2 Å². The number of nitrogens with zero attached hydrogens (tertiary/aromatic N) is 2. The fraction of sp³-hybridized carbons (Fsp3) is 1.00. The number of likely N-dealkylation sites (tertiary alicyclic amines) is 1. The molecule has 0 spiro atoms. The van der Waals surface area contributed by atoms with E-state index in [9.17, 15) is 0 Å². The third-order valence-corrected chi connectivity index (χ3v) is 3.44. The molecule has 96 valence electrons. The van der Waals surface area contributed by atoms with Crippen molar-refractivity contribution < 1.29 is 10.2 Å². The Morgan fingerprint density at radius 2 is 1.62 bits per heavy atom. The van der Waals surface area contributed by atoms with Gasteiger partial charge in [0.2, 0.25) is 0 Å². The van der Waals surface area contributed by atoms with Crippen LogP contribution in [0.4, 0.5) is 0 Å². The second-order valence-corrected chi connectivity index (χ2v) is 4.81. The Hall–Kier alpha value is -0.160. The van der Waals surface area contributed by atoms with Gasteiger partial charge in [0.25, 0.3) is 0 Å². The van der Waals surface area contributed by atoms with Crippen LogP contribution in [0.3, 0.4) is 0 Å². The first-order chi connectivity index (χ1) is 7.76. The molecule has 0 bridgehead atoms. The predicted molar refractivity (Wildman–Crippen MR) is 65.4 cm³/mol. The monoisotopic (exact) mass is 230 g/mol. The van der Waals surface area contributed by atoms with E-state index in [0.717, 1.165) is 19.0 Å². The van der Waals surface area contributed by atoms with Crippen LogP contribution in [0.15, 0.2) is 0 Å². The zero-order chi connectivity index (χ0) is 11.8. The lowest BCUT2D eigenvalue weighted by Crippen LogP contribution is -2.41. The Morgan fingerprint density at radius 1 is 1.06 bits per heavy atom. The molecule has 1 saturated heterocycles. The molecule has 1 rings (SSSR count). The Labute approximate surface area is 98.9 Å². The van der Waals surface area contributed by atoms with Gasteiger partial charge in [-0.2, -0.15) is 0 Å². The van der Waals surface area contributed by atoms with Gasteiger partial charge in [-0.25, -0.2) is 0 Å². The Kier molecular flexibility index (Phi) is 6.96. The van der Waals surface area contributed by atoms with Crippen molar-refractivity contribution in [1.82, 2.24) is 9.80 Å². The highest BCUT2D eigenvalue weighted by atomic mass is 16.3. The molecule has 0 atom stereocenters. The second kappa shape index (κ2) is 8.01. The smallest absolute Gasteiger partial charge is 0.0558 e. The molecule has 0 aromatic heterocycles. The molecule has 16 heavy (non-hydrogen) atoms. The maximum absolute atomic E-state index is 8.90. The molecule has 1 aliphatic heterocycles. The van der Waals surface area contributed by atoms with E-state index in [2.05, 4.69) is 16.7 Å². The van der Waals surface area contributed by atoms with Crippen molar-refractivity contribution >= 4 is 0 Å². The molecule has 0 radical (unpaired) electrons. The van der Waals surface area contributed by atoms with Crippen LogP contribution >= 0.6 is 0 Å². The summed E-state index contributed by atoms with van der Waals surface area (Å²) in [6.45, 7) is 8.44. The van der Waals surface area contributed by atoms with Gasteiger partial charge in [0.1, 0.15) is 0 Å². The fourth-order valence-corrected chi connectivity index (χ4v) is 2.19. The molecular weight excluding hydrogens is 204 g/mol. The van der Waals surface area contributed by atoms with Crippen molar-refractivity contribution in [3.63, 3.8) is 0 Å². The largest absolute Gasteiger partial charge is 0.395 e. The number of piperidine rings is 1. The molecule has 4 nitrogen and oxygen atoms in total. The molecule has 2 N–H and O–H groups in total. The van der Waals surface area contributed by atoms with Crippen LogP contribution in [0.2, 0.25) is 0 Å². The molecule has 0 aliphatic carbocycles. The third-order valence-electron chi connectivity index (χ3n) is 3.44. The summed E-state index contributed by atoms with van der Waals surface area (Å²) in [7, 11) is 0. The molecule has 4 heteroatoms. The van der Waals surface area contributed by atoms with Crippen molar-refractivity contribution in [2.45, 2.75) is 19.8 Å². The summed E-state index contributed by atoms with van der Waals surface area (Å²) in [5, 5.41) is 17.8. The van der Waals surface area contributed by atoms with Gasteiger partial charge >= 0.3 is 0 Å². The van der Waals surface area contributed by atoms with Crippen LogP contribution in [0, 0.1) is 5.92 Å². The average molecular weight is 230 g/mol. The van der Waals surface area contributed by atoms with Crippen molar-refractivity contribution in [1.29, 1.82) is 0 Å². The second-order valence-electron chi connectivity index (χ2n) is 4.81. The molecule has 0 saturated carbocycles. The van der Waals surface area contributed by atoms with Gasteiger partial charge in [-0.15, -0.1) is 0 Å². The summed E-state index contributed by atoms with van der Waals surface area (Å²) in [4.78, 5) is 4.61. The van der Waals surface area contributed by atoms with Crippen LogP contribution in [-0.4, -0.2) is 72.5 Å². The van der Waals surface area contributed by atoms with Gasteiger partial charge in [-0.05, 0) is 31.8 Å². The molecule has 0 aromatic carbocycles. The summed E-state index contributed by atoms with van der Waals surface area (Å²) in [5.41, 5.74) is 0. The molecule has 0 unspecified atom stereocenters. The maximum Gasteiger partial charge on any atom is 0.0558 e. The SMILES string of the molecule is CC1CCN(CCN(CCO)CCO)CC1. The van der Waals surface area contributed by atoms with Gasteiger partial charge in [0, 0.05) is 26.2 Å². The fourth-order valence-electron chi connectivity index (χ4n) is 2.19. The van der Waals surface area contributed by atoms with Crippen LogP contribution in [-0.2, 0) is 0 Å². The van der Waals surface area contributed by atoms with E-state index in [4.69, 9.17) is 10.2 Å². The van der Waals surface area contributed by atoms with Crippen LogP contribution in [0.1, 0.15) is 19.8 Å². The highest BCUT2D eigenvalue weighted by molar-refractivity contribution is 4.70. The normalized spacial score (nSPS) is 19.5. The first-order valence-corrected chi connectivity index (χ1v) is 6.42. The minimum absolute atomic E-state index is 0.178. The lowest BCUT2D eigenvalue weighted by molar-refractivity contribution is 0.128. The van der Waals surface area contributed by atoms with Crippen LogP contribution < -0.4 is 0 Å². The zero-order valence-electron chi connectivity index (χ0n) is 10.4. The minimum atomic E-state index is 0.178. The molecular formula is C12H26N2O2. The number of aliphatic hydroxyl groups excluding tert-OH is 2. The Balaban J connectivity index is 2.15. The molecule has 0 aromatic rings. The minimum Gasteiger partial charge on any atom is -0.395 e. The number of hydrogen-bond acceptors (Lipinski definition) is 4. The van der Waals surface area contributed by atoms with Crippen molar-refractivity contribution in [2.24, 2.45) is 5.92 Å². The maximum atomic E-state index is 8.90. The highest BCUT2D eigenvalue weighted by Gasteiger charge is 2.15. The summed E-state index contributed by atoms with van der Waals surface area (Å²) < 4.78 is 0. The van der Waals surface area contributed by atoms with Crippen molar-refractivity contribution in [3.8, 4) is 0 Å². The summed E-state index contributed by atoms with van der Waals surface area (Å²) >= 11 is 0. The number of hydrogen-bond donors (Lipinski definition) is 2. The topological polar surface area (TPSA) is 46.9 Å². The number of rotatable bonds is 7. The van der Waals surface area contributed by atoms with Gasteiger partial charge < -0.3 is 15.1 Å². The van der Waals surface area contributed by atoms with E-state index in [1.54, 1.807) is 0 Å². The Bertz CT molecular complexity index is 164. The van der Waals surface area contributed by atoms with Crippen molar-refractivity contribution in [2.75, 3.05) is 52.5 Å². The van der Waals surface area contributed by atoms with Gasteiger partial charge in [0.05, 0.1) is 13.2 Å². The van der Waals surface area contributed by atoms with E-state index >= 15 is 0 Å². The Morgan fingerprint density at radius 3 is 2.12 bits per heavy atom. The predicted octanol–water partition coefficient (Wildman–Crippen LogP) is 0.00490. The highest BCUT2D eigenvalue weighted by Crippen LogP contribution is 2.15. The standard InChI is InChI=1S/C12H26N2O2/c1-12-2-4-13(5-3-12)6-7-14(8-10-15)9-11-16/h12,15-16H,2-11H2,1H3. The first kappa shape index (κ1) is 13.9. The number of aliphatic hydroxyl groups is 2. The van der Waals surface area contributed by atoms with E-state index in [0.29, 0.717) is 13.1 Å². The quantitative estimate of drug-likeness (QED) is 0.646. The van der Waals surface area contributed by atoms with Gasteiger partial charge in [-0.1, -0.05) is 6.92 Å². The third kappa shape index (κ3) is 5.25. The van der Waals surface area contributed by atoms with E-state index < -0.39 is 0 Å². The summed E-state index contributed by atoms with van der Waals surface area (Å²) in [6.07, 6.45) is 2.61. The summed E-state index contributed by atoms with van der Waals surface area (Å²) in [5.74, 6) is 0.877. The molecule has 0 amide bonds.